The van der Waals surface area contributed by atoms with Crippen molar-refractivity contribution in [3.8, 4) is 0 Å². The van der Waals surface area contributed by atoms with Crippen molar-refractivity contribution in [3.05, 3.63) is 83.9 Å². The van der Waals surface area contributed by atoms with Crippen LogP contribution in [0.5, 0.6) is 0 Å². The number of para-hydroxylation sites is 2. The third-order valence-electron chi connectivity index (χ3n) is 4.71. The van der Waals surface area contributed by atoms with Crippen LogP contribution < -0.4 is 10.6 Å². The van der Waals surface area contributed by atoms with E-state index in [1.165, 1.54) is 14.2 Å². The van der Waals surface area contributed by atoms with E-state index in [1.54, 1.807) is 48.5 Å². The van der Waals surface area contributed by atoms with Crippen molar-refractivity contribution in [1.82, 2.24) is 9.97 Å². The number of fused-ring (bicyclic) bond motifs is 1. The third-order valence-corrected chi connectivity index (χ3v) is 4.71. The van der Waals surface area contributed by atoms with Gasteiger partial charge in [0.25, 0.3) is 0 Å². The molecule has 4 aromatic rings. The lowest BCUT2D eigenvalue weighted by Gasteiger charge is -2.14. The number of rotatable bonds is 6. The third kappa shape index (κ3) is 4.49. The highest BCUT2D eigenvalue weighted by atomic mass is 16.5. The Balaban J connectivity index is 1.66. The number of esters is 2. The predicted molar refractivity (Wildman–Crippen MR) is 122 cm³/mol. The van der Waals surface area contributed by atoms with Gasteiger partial charge in [0, 0.05) is 11.4 Å². The average molecular weight is 428 g/mol. The Morgan fingerprint density at radius 3 is 1.34 bits per heavy atom. The SMILES string of the molecule is COC(=O)c1ccc(Nc2nc3ccccc3nc2Nc2ccc(C(=O)OC)cc2)cc1. The maximum absolute atomic E-state index is 11.7. The molecule has 8 nitrogen and oxygen atoms in total. The van der Waals surface area contributed by atoms with Crippen LogP contribution in [0, 0.1) is 0 Å². The zero-order valence-electron chi connectivity index (χ0n) is 17.5. The Hall–Kier alpha value is -4.46. The van der Waals surface area contributed by atoms with Gasteiger partial charge in [-0.3, -0.25) is 0 Å². The number of methoxy groups -OCH3 is 2. The summed E-state index contributed by atoms with van der Waals surface area (Å²) in [6, 6.07) is 21.3. The van der Waals surface area contributed by atoms with Crippen molar-refractivity contribution in [2.24, 2.45) is 0 Å². The van der Waals surface area contributed by atoms with E-state index in [-0.39, 0.29) is 0 Å². The first-order valence-corrected chi connectivity index (χ1v) is 9.75. The number of aromatic nitrogens is 2. The molecule has 1 aromatic heterocycles. The van der Waals surface area contributed by atoms with Gasteiger partial charge in [0.05, 0.1) is 36.4 Å². The van der Waals surface area contributed by atoms with Gasteiger partial charge < -0.3 is 20.1 Å². The quantitative estimate of drug-likeness (QED) is 0.427. The fraction of sp³-hybridized carbons (Fsp3) is 0.0833. The Kier molecular flexibility index (Phi) is 5.94. The maximum Gasteiger partial charge on any atom is 0.337 e. The van der Waals surface area contributed by atoms with Crippen LogP contribution in [0.2, 0.25) is 0 Å². The summed E-state index contributed by atoms with van der Waals surface area (Å²) in [5.74, 6) is 0.206. The standard InChI is InChI=1S/C24H20N4O4/c1-31-23(29)15-7-11-17(12-8-15)25-21-22(28-20-6-4-3-5-19(20)27-21)26-18-13-9-16(10-14-18)24(30)32-2/h3-14H,1-2H3,(H,25,27)(H,26,28). The van der Waals surface area contributed by atoms with E-state index >= 15 is 0 Å². The van der Waals surface area contributed by atoms with Gasteiger partial charge in [-0.2, -0.15) is 0 Å². The van der Waals surface area contributed by atoms with Crippen molar-refractivity contribution >= 4 is 46.0 Å². The summed E-state index contributed by atoms with van der Waals surface area (Å²) >= 11 is 0. The molecular formula is C24H20N4O4. The molecule has 2 N–H and O–H groups in total. The lowest BCUT2D eigenvalue weighted by atomic mass is 10.2. The second-order valence-corrected chi connectivity index (χ2v) is 6.80. The summed E-state index contributed by atoms with van der Waals surface area (Å²) in [5, 5.41) is 6.49. The van der Waals surface area contributed by atoms with E-state index < -0.39 is 11.9 Å². The minimum atomic E-state index is -0.403. The van der Waals surface area contributed by atoms with E-state index in [0.717, 1.165) is 22.4 Å². The van der Waals surface area contributed by atoms with E-state index in [0.29, 0.717) is 22.8 Å². The number of benzene rings is 3. The summed E-state index contributed by atoms with van der Waals surface area (Å²) in [6.45, 7) is 0. The molecule has 0 aliphatic rings. The smallest absolute Gasteiger partial charge is 0.337 e. The van der Waals surface area contributed by atoms with Gasteiger partial charge in [0.15, 0.2) is 11.6 Å². The zero-order valence-corrected chi connectivity index (χ0v) is 17.5. The van der Waals surface area contributed by atoms with Gasteiger partial charge in [-0.05, 0) is 60.7 Å². The molecule has 0 aliphatic heterocycles. The number of ether oxygens (including phenoxy) is 2. The lowest BCUT2D eigenvalue weighted by Crippen LogP contribution is -2.05. The Morgan fingerprint density at radius 2 is 1.00 bits per heavy atom. The van der Waals surface area contributed by atoms with Crippen molar-refractivity contribution in [3.63, 3.8) is 0 Å². The van der Waals surface area contributed by atoms with Crippen LogP contribution in [0.15, 0.2) is 72.8 Å². The van der Waals surface area contributed by atoms with Crippen LogP contribution >= 0.6 is 0 Å². The predicted octanol–water partition coefficient (Wildman–Crippen LogP) is 4.69. The van der Waals surface area contributed by atoms with E-state index in [4.69, 9.17) is 19.4 Å². The molecule has 1 heterocycles. The summed E-state index contributed by atoms with van der Waals surface area (Å²) in [7, 11) is 2.68. The molecule has 0 aliphatic carbocycles. The summed E-state index contributed by atoms with van der Waals surface area (Å²) in [5.41, 5.74) is 3.82. The molecule has 0 unspecified atom stereocenters. The van der Waals surface area contributed by atoms with Gasteiger partial charge in [-0.1, -0.05) is 12.1 Å². The van der Waals surface area contributed by atoms with Gasteiger partial charge in [0.1, 0.15) is 0 Å². The highest BCUT2D eigenvalue weighted by Gasteiger charge is 2.12. The number of nitrogens with zero attached hydrogens (tertiary/aromatic N) is 2. The number of hydrogen-bond acceptors (Lipinski definition) is 8. The van der Waals surface area contributed by atoms with Crippen LogP contribution in [0.4, 0.5) is 23.0 Å². The minimum Gasteiger partial charge on any atom is -0.465 e. The van der Waals surface area contributed by atoms with E-state index in [2.05, 4.69) is 10.6 Å². The number of nitrogens with one attached hydrogen (secondary N) is 2. The summed E-state index contributed by atoms with van der Waals surface area (Å²) < 4.78 is 9.48. The van der Waals surface area contributed by atoms with Crippen molar-refractivity contribution in [2.75, 3.05) is 24.9 Å². The Bertz CT molecular complexity index is 1170. The second-order valence-electron chi connectivity index (χ2n) is 6.80. The summed E-state index contributed by atoms with van der Waals surface area (Å²) in [4.78, 5) is 32.7. The van der Waals surface area contributed by atoms with E-state index in [9.17, 15) is 9.59 Å². The van der Waals surface area contributed by atoms with Crippen molar-refractivity contribution in [1.29, 1.82) is 0 Å². The van der Waals surface area contributed by atoms with Gasteiger partial charge in [-0.15, -0.1) is 0 Å². The normalized spacial score (nSPS) is 10.4. The monoisotopic (exact) mass is 428 g/mol. The molecule has 3 aromatic carbocycles. The van der Waals surface area contributed by atoms with Gasteiger partial charge >= 0.3 is 11.9 Å². The fourth-order valence-corrected chi connectivity index (χ4v) is 3.06. The molecule has 0 spiro atoms. The first-order chi connectivity index (χ1) is 15.6. The number of anilines is 4. The van der Waals surface area contributed by atoms with Crippen LogP contribution in [0.25, 0.3) is 11.0 Å². The molecule has 0 fully saturated rings. The number of carbonyl (C=O) groups is 2. The molecule has 0 saturated heterocycles. The molecule has 0 saturated carbocycles. The molecule has 160 valence electrons. The molecule has 8 heteroatoms. The lowest BCUT2D eigenvalue weighted by molar-refractivity contribution is 0.0592. The fourth-order valence-electron chi connectivity index (χ4n) is 3.06. The number of hydrogen-bond donors (Lipinski definition) is 2. The highest BCUT2D eigenvalue weighted by molar-refractivity contribution is 5.91. The van der Waals surface area contributed by atoms with Crippen LogP contribution in [0.1, 0.15) is 20.7 Å². The summed E-state index contributed by atoms with van der Waals surface area (Å²) in [6.07, 6.45) is 0. The van der Waals surface area contributed by atoms with Crippen LogP contribution in [0.3, 0.4) is 0 Å². The largest absolute Gasteiger partial charge is 0.465 e. The zero-order chi connectivity index (χ0) is 22.5. The number of carbonyl (C=O) groups excluding carboxylic acids is 2. The van der Waals surface area contributed by atoms with Crippen LogP contribution in [-0.4, -0.2) is 36.1 Å². The van der Waals surface area contributed by atoms with Crippen molar-refractivity contribution < 1.29 is 19.1 Å². The molecule has 32 heavy (non-hydrogen) atoms. The Labute approximate surface area is 184 Å². The molecular weight excluding hydrogens is 408 g/mol. The minimum absolute atomic E-state index is 0.403. The molecule has 0 amide bonds. The van der Waals surface area contributed by atoms with Crippen molar-refractivity contribution in [2.45, 2.75) is 0 Å². The van der Waals surface area contributed by atoms with Gasteiger partial charge in [0.2, 0.25) is 0 Å². The van der Waals surface area contributed by atoms with E-state index in [1.807, 2.05) is 24.3 Å². The molecule has 0 radical (unpaired) electrons. The Morgan fingerprint density at radius 1 is 0.625 bits per heavy atom. The topological polar surface area (TPSA) is 102 Å². The first kappa shape index (κ1) is 20.8. The second kappa shape index (κ2) is 9.13. The first-order valence-electron chi connectivity index (χ1n) is 9.75. The molecule has 0 atom stereocenters. The molecule has 4 rings (SSSR count). The van der Waals surface area contributed by atoms with Gasteiger partial charge in [-0.25, -0.2) is 19.6 Å². The highest BCUT2D eigenvalue weighted by Crippen LogP contribution is 2.28. The molecule has 0 bridgehead atoms. The van der Waals surface area contributed by atoms with Crippen LogP contribution in [-0.2, 0) is 9.47 Å². The maximum atomic E-state index is 11.7. The average Bonchev–Trinajstić information content (AvgIpc) is 2.84.